The fourth-order valence-electron chi connectivity index (χ4n) is 1.84. The molecule has 4 nitrogen and oxygen atoms in total. The molecule has 1 atom stereocenters. The van der Waals surface area contributed by atoms with E-state index < -0.39 is 0 Å². The summed E-state index contributed by atoms with van der Waals surface area (Å²) in [6.45, 7) is 3.90. The normalized spacial score (nSPS) is 15.8. The summed E-state index contributed by atoms with van der Waals surface area (Å²) in [5, 5.41) is 9.69. The van der Waals surface area contributed by atoms with Gasteiger partial charge in [0.25, 0.3) is 0 Å². The average molecular weight is 272 g/mol. The quantitative estimate of drug-likeness (QED) is 0.909. The van der Waals surface area contributed by atoms with E-state index in [-0.39, 0.29) is 12.6 Å². The van der Waals surface area contributed by atoms with Gasteiger partial charge in [-0.3, -0.25) is 4.90 Å². The van der Waals surface area contributed by atoms with Crippen molar-refractivity contribution in [3.63, 3.8) is 0 Å². The van der Waals surface area contributed by atoms with Gasteiger partial charge < -0.3 is 14.6 Å². The van der Waals surface area contributed by atoms with Gasteiger partial charge in [0, 0.05) is 12.6 Å². The van der Waals surface area contributed by atoms with Crippen LogP contribution in [0.15, 0.2) is 12.1 Å². The summed E-state index contributed by atoms with van der Waals surface area (Å²) < 4.78 is 11.0. The highest BCUT2D eigenvalue weighted by atomic mass is 35.5. The highest BCUT2D eigenvalue weighted by Crippen LogP contribution is 2.38. The van der Waals surface area contributed by atoms with Gasteiger partial charge in [0.05, 0.1) is 11.6 Å². The molecule has 1 aromatic rings. The number of aliphatic hydroxyl groups excluding tert-OH is 1. The summed E-state index contributed by atoms with van der Waals surface area (Å²) in [5.41, 5.74) is 1.05. The molecule has 2 rings (SSSR count). The first kappa shape index (κ1) is 13.5. The molecule has 1 heterocycles. The Morgan fingerprint density at radius 1 is 1.39 bits per heavy atom. The van der Waals surface area contributed by atoms with Gasteiger partial charge in [-0.2, -0.15) is 0 Å². The Balaban J connectivity index is 2.17. The molecule has 18 heavy (non-hydrogen) atoms. The number of nitrogens with zero attached hydrogens (tertiary/aromatic N) is 1. The first-order chi connectivity index (χ1) is 8.61. The van der Waals surface area contributed by atoms with Crippen molar-refractivity contribution >= 4 is 11.6 Å². The fourth-order valence-corrected chi connectivity index (χ4v) is 2.13. The molecule has 5 heteroatoms. The molecule has 1 aliphatic heterocycles. The number of aliphatic hydroxyl groups is 1. The van der Waals surface area contributed by atoms with Crippen LogP contribution >= 0.6 is 11.6 Å². The Labute approximate surface area is 112 Å². The lowest BCUT2D eigenvalue weighted by Crippen LogP contribution is -2.31. The van der Waals surface area contributed by atoms with Crippen LogP contribution in [0.2, 0.25) is 5.02 Å². The number of benzene rings is 1. The van der Waals surface area contributed by atoms with Crippen molar-refractivity contribution in [2.24, 2.45) is 0 Å². The van der Waals surface area contributed by atoms with Crippen LogP contribution in [0, 0.1) is 0 Å². The number of likely N-dealkylation sites (N-methyl/N-ethyl adjacent to an activating group) is 1. The van der Waals surface area contributed by atoms with E-state index in [1.165, 1.54) is 0 Å². The van der Waals surface area contributed by atoms with Crippen LogP contribution in [-0.4, -0.2) is 42.9 Å². The van der Waals surface area contributed by atoms with E-state index in [1.807, 2.05) is 26.1 Å². The van der Waals surface area contributed by atoms with Crippen molar-refractivity contribution in [3.05, 3.63) is 22.7 Å². The third kappa shape index (κ3) is 2.88. The molecule has 100 valence electrons. The molecule has 0 aromatic heterocycles. The van der Waals surface area contributed by atoms with Gasteiger partial charge in [0.1, 0.15) is 13.2 Å². The van der Waals surface area contributed by atoms with Crippen LogP contribution in [0.25, 0.3) is 0 Å². The van der Waals surface area contributed by atoms with Gasteiger partial charge in [-0.15, -0.1) is 0 Å². The molecule has 1 aromatic carbocycles. The van der Waals surface area contributed by atoms with E-state index in [1.54, 1.807) is 0 Å². The van der Waals surface area contributed by atoms with Crippen molar-refractivity contribution in [1.82, 2.24) is 4.90 Å². The minimum absolute atomic E-state index is 0.108. The van der Waals surface area contributed by atoms with Crippen molar-refractivity contribution in [3.8, 4) is 11.5 Å². The molecule has 0 bridgehead atoms. The molecule has 0 spiro atoms. The number of hydrogen-bond donors (Lipinski definition) is 1. The number of fused-ring (bicyclic) bond motifs is 1. The first-order valence-corrected chi connectivity index (χ1v) is 6.38. The number of rotatable bonds is 4. The number of ether oxygens (including phenoxy) is 2. The van der Waals surface area contributed by atoms with Crippen molar-refractivity contribution in [1.29, 1.82) is 0 Å². The zero-order valence-corrected chi connectivity index (χ0v) is 11.4. The second-order valence-corrected chi connectivity index (χ2v) is 4.96. The zero-order valence-electron chi connectivity index (χ0n) is 10.6. The molecule has 0 fully saturated rings. The predicted molar refractivity (Wildman–Crippen MR) is 70.5 cm³/mol. The molecule has 0 radical (unpaired) electrons. The zero-order chi connectivity index (χ0) is 13.1. The lowest BCUT2D eigenvalue weighted by molar-refractivity contribution is 0.153. The van der Waals surface area contributed by atoms with Crippen LogP contribution in [0.3, 0.4) is 0 Å². The van der Waals surface area contributed by atoms with Crippen LogP contribution in [0.5, 0.6) is 11.5 Å². The molecular weight excluding hydrogens is 254 g/mol. The summed E-state index contributed by atoms with van der Waals surface area (Å²) >= 11 is 6.17. The third-order valence-electron chi connectivity index (χ3n) is 3.11. The summed E-state index contributed by atoms with van der Waals surface area (Å²) in [5.74, 6) is 1.33. The lowest BCUT2D eigenvalue weighted by atomic mass is 10.1. The maximum absolute atomic E-state index is 9.12. The summed E-state index contributed by atoms with van der Waals surface area (Å²) in [6.07, 6.45) is 0. The molecule has 0 aliphatic carbocycles. The smallest absolute Gasteiger partial charge is 0.179 e. The third-order valence-corrected chi connectivity index (χ3v) is 3.39. The fraction of sp³-hybridized carbons (Fsp3) is 0.538. The van der Waals surface area contributed by atoms with E-state index in [9.17, 15) is 0 Å². The molecular formula is C13H18ClNO3. The second-order valence-electron chi connectivity index (χ2n) is 4.55. The maximum atomic E-state index is 9.12. The minimum Gasteiger partial charge on any atom is -0.486 e. The highest BCUT2D eigenvalue weighted by Gasteiger charge is 2.17. The molecule has 1 unspecified atom stereocenters. The van der Waals surface area contributed by atoms with E-state index in [0.29, 0.717) is 36.3 Å². The standard InChI is InChI=1S/C13H18ClNO3/c1-9(8-16)15(2)7-10-5-11(14)13-12(6-10)17-3-4-18-13/h5-6,9,16H,3-4,7-8H2,1-2H3. The van der Waals surface area contributed by atoms with Crippen molar-refractivity contribution in [2.75, 3.05) is 26.9 Å². The van der Waals surface area contributed by atoms with E-state index in [0.717, 1.165) is 5.56 Å². The Morgan fingerprint density at radius 3 is 2.83 bits per heavy atom. The van der Waals surface area contributed by atoms with Crippen LogP contribution < -0.4 is 9.47 Å². The van der Waals surface area contributed by atoms with Gasteiger partial charge >= 0.3 is 0 Å². The summed E-state index contributed by atoms with van der Waals surface area (Å²) in [7, 11) is 1.96. The summed E-state index contributed by atoms with van der Waals surface area (Å²) in [6, 6.07) is 3.94. The predicted octanol–water partition coefficient (Wildman–Crippen LogP) is 1.92. The Bertz CT molecular complexity index is 425. The molecule has 0 saturated carbocycles. The Kier molecular flexibility index (Phi) is 4.32. The van der Waals surface area contributed by atoms with E-state index >= 15 is 0 Å². The maximum Gasteiger partial charge on any atom is 0.179 e. The minimum atomic E-state index is 0.108. The number of halogens is 1. The van der Waals surface area contributed by atoms with Gasteiger partial charge in [0.15, 0.2) is 11.5 Å². The van der Waals surface area contributed by atoms with Crippen molar-refractivity contribution < 1.29 is 14.6 Å². The molecule has 0 saturated heterocycles. The van der Waals surface area contributed by atoms with Crippen molar-refractivity contribution in [2.45, 2.75) is 19.5 Å². The van der Waals surface area contributed by atoms with Crippen LogP contribution in [0.4, 0.5) is 0 Å². The SMILES string of the molecule is CC(CO)N(C)Cc1cc(Cl)c2c(c1)OCCO2. The molecule has 0 amide bonds. The van der Waals surface area contributed by atoms with Gasteiger partial charge in [-0.1, -0.05) is 11.6 Å². The highest BCUT2D eigenvalue weighted by molar-refractivity contribution is 6.32. The Hall–Kier alpha value is -0.970. The second kappa shape index (κ2) is 5.78. The molecule has 1 N–H and O–H groups in total. The lowest BCUT2D eigenvalue weighted by Gasteiger charge is -2.25. The monoisotopic (exact) mass is 271 g/mol. The largest absolute Gasteiger partial charge is 0.486 e. The van der Waals surface area contributed by atoms with Gasteiger partial charge in [-0.25, -0.2) is 0 Å². The van der Waals surface area contributed by atoms with Gasteiger partial charge in [0.2, 0.25) is 0 Å². The first-order valence-electron chi connectivity index (χ1n) is 6.01. The van der Waals surface area contributed by atoms with Crippen LogP contribution in [0.1, 0.15) is 12.5 Å². The van der Waals surface area contributed by atoms with E-state index in [4.69, 9.17) is 26.2 Å². The number of hydrogen-bond acceptors (Lipinski definition) is 4. The molecule has 1 aliphatic rings. The Morgan fingerprint density at radius 2 is 2.11 bits per heavy atom. The van der Waals surface area contributed by atoms with E-state index in [2.05, 4.69) is 4.90 Å². The van der Waals surface area contributed by atoms with Gasteiger partial charge in [-0.05, 0) is 31.7 Å². The topological polar surface area (TPSA) is 41.9 Å². The summed E-state index contributed by atoms with van der Waals surface area (Å²) in [4.78, 5) is 2.06. The average Bonchev–Trinajstić information content (AvgIpc) is 2.37. The van der Waals surface area contributed by atoms with Crippen LogP contribution in [-0.2, 0) is 6.54 Å².